The van der Waals surface area contributed by atoms with Crippen molar-refractivity contribution in [2.24, 2.45) is 0 Å². The first kappa shape index (κ1) is 13.1. The highest BCUT2D eigenvalue weighted by Crippen LogP contribution is 2.12. The predicted molar refractivity (Wildman–Crippen MR) is 69.2 cm³/mol. The lowest BCUT2D eigenvalue weighted by molar-refractivity contribution is 0.0983. The molecular formula is C12H13ClO2S. The van der Waals surface area contributed by atoms with E-state index in [9.17, 15) is 4.79 Å². The summed E-state index contributed by atoms with van der Waals surface area (Å²) in [5.74, 6) is 0.0544. The first-order valence-electron chi connectivity index (χ1n) is 5.08. The van der Waals surface area contributed by atoms with E-state index in [1.807, 2.05) is 6.92 Å². The van der Waals surface area contributed by atoms with Crippen LogP contribution in [0.25, 0.3) is 0 Å². The van der Waals surface area contributed by atoms with Gasteiger partial charge in [0, 0.05) is 23.4 Å². The van der Waals surface area contributed by atoms with Gasteiger partial charge in [0.2, 0.25) is 0 Å². The van der Waals surface area contributed by atoms with E-state index in [0.29, 0.717) is 35.1 Å². The van der Waals surface area contributed by atoms with Gasteiger partial charge >= 0.3 is 0 Å². The van der Waals surface area contributed by atoms with Crippen LogP contribution >= 0.6 is 23.8 Å². The maximum atomic E-state index is 11.7. The van der Waals surface area contributed by atoms with Crippen molar-refractivity contribution in [2.45, 2.75) is 19.8 Å². The van der Waals surface area contributed by atoms with Gasteiger partial charge < -0.3 is 4.74 Å². The van der Waals surface area contributed by atoms with E-state index in [4.69, 9.17) is 28.6 Å². The van der Waals surface area contributed by atoms with Gasteiger partial charge in [0.25, 0.3) is 0 Å². The normalized spacial score (nSPS) is 9.88. The van der Waals surface area contributed by atoms with E-state index in [2.05, 4.69) is 0 Å². The number of Topliss-reactive ketones (excluding diaryl/α,β-unsaturated/α-hetero) is 1. The number of carbonyl (C=O) groups is 1. The molecule has 0 atom stereocenters. The highest BCUT2D eigenvalue weighted by atomic mass is 35.5. The van der Waals surface area contributed by atoms with E-state index in [0.717, 1.165) is 0 Å². The molecule has 4 heteroatoms. The zero-order valence-corrected chi connectivity index (χ0v) is 10.6. The number of thiocarbonyl (C=S) groups is 1. The summed E-state index contributed by atoms with van der Waals surface area (Å²) in [5, 5.41) is 1.12. The van der Waals surface area contributed by atoms with Gasteiger partial charge in [0.1, 0.15) is 0 Å². The molecule has 2 nitrogen and oxygen atoms in total. The number of hydrogen-bond acceptors (Lipinski definition) is 3. The average molecular weight is 257 g/mol. The number of rotatable bonds is 5. The van der Waals surface area contributed by atoms with Crippen LogP contribution in [0.2, 0.25) is 5.02 Å². The third-order valence-corrected chi connectivity index (χ3v) is 2.60. The number of ketones is 1. The molecule has 0 N–H and O–H groups in total. The molecule has 0 saturated carbocycles. The van der Waals surface area contributed by atoms with E-state index in [1.165, 1.54) is 0 Å². The fourth-order valence-electron chi connectivity index (χ4n) is 1.23. The Hall–Kier alpha value is -0.930. The first-order chi connectivity index (χ1) is 7.63. The molecule has 0 aliphatic carbocycles. The van der Waals surface area contributed by atoms with Gasteiger partial charge in [0.15, 0.2) is 10.8 Å². The van der Waals surface area contributed by atoms with Crippen LogP contribution in [-0.4, -0.2) is 17.4 Å². The van der Waals surface area contributed by atoms with Crippen LogP contribution in [0.5, 0.6) is 0 Å². The Morgan fingerprint density at radius 3 is 2.50 bits per heavy atom. The Bertz CT molecular complexity index is 373. The molecule has 0 aliphatic heterocycles. The predicted octanol–water partition coefficient (Wildman–Crippen LogP) is 3.67. The van der Waals surface area contributed by atoms with E-state index >= 15 is 0 Å². The van der Waals surface area contributed by atoms with Crippen molar-refractivity contribution in [3.8, 4) is 0 Å². The van der Waals surface area contributed by atoms with Crippen LogP contribution < -0.4 is 0 Å². The number of hydrogen-bond donors (Lipinski definition) is 0. The minimum Gasteiger partial charge on any atom is -0.487 e. The summed E-state index contributed by atoms with van der Waals surface area (Å²) in [6.45, 7) is 2.42. The van der Waals surface area contributed by atoms with Gasteiger partial charge in [-0.25, -0.2) is 0 Å². The SMILES string of the molecule is CCOC(=S)CCC(=O)c1ccc(Cl)cc1. The summed E-state index contributed by atoms with van der Waals surface area (Å²) in [6, 6.07) is 6.84. The lowest BCUT2D eigenvalue weighted by Gasteiger charge is -2.04. The van der Waals surface area contributed by atoms with E-state index in [-0.39, 0.29) is 5.78 Å². The summed E-state index contributed by atoms with van der Waals surface area (Å²) >= 11 is 10.7. The molecule has 1 aromatic rings. The maximum Gasteiger partial charge on any atom is 0.163 e. The third-order valence-electron chi connectivity index (χ3n) is 2.03. The number of ether oxygens (including phenoxy) is 1. The van der Waals surface area contributed by atoms with Crippen LogP contribution in [0.15, 0.2) is 24.3 Å². The van der Waals surface area contributed by atoms with Crippen LogP contribution in [0.4, 0.5) is 0 Å². The van der Waals surface area contributed by atoms with Gasteiger partial charge in [-0.05, 0) is 43.4 Å². The molecule has 86 valence electrons. The summed E-state index contributed by atoms with van der Waals surface area (Å²) in [6.07, 6.45) is 0.866. The van der Waals surface area contributed by atoms with Crippen molar-refractivity contribution in [2.75, 3.05) is 6.61 Å². The van der Waals surface area contributed by atoms with Crippen molar-refractivity contribution >= 4 is 34.7 Å². The molecule has 1 rings (SSSR count). The second-order valence-electron chi connectivity index (χ2n) is 3.24. The Morgan fingerprint density at radius 1 is 1.31 bits per heavy atom. The Balaban J connectivity index is 2.47. The van der Waals surface area contributed by atoms with Gasteiger partial charge in [0.05, 0.1) is 6.61 Å². The van der Waals surface area contributed by atoms with Gasteiger partial charge in [-0.1, -0.05) is 11.6 Å². The summed E-state index contributed by atoms with van der Waals surface area (Å²) in [7, 11) is 0. The van der Waals surface area contributed by atoms with Crippen molar-refractivity contribution in [1.82, 2.24) is 0 Å². The van der Waals surface area contributed by atoms with Crippen molar-refractivity contribution in [1.29, 1.82) is 0 Å². The van der Waals surface area contributed by atoms with Crippen LogP contribution in [0, 0.1) is 0 Å². The molecule has 0 amide bonds. The largest absolute Gasteiger partial charge is 0.487 e. The molecule has 0 spiro atoms. The van der Waals surface area contributed by atoms with E-state index in [1.54, 1.807) is 24.3 Å². The fourth-order valence-corrected chi connectivity index (χ4v) is 1.57. The zero-order valence-electron chi connectivity index (χ0n) is 9.03. The maximum absolute atomic E-state index is 11.7. The molecule has 0 heterocycles. The molecular weight excluding hydrogens is 244 g/mol. The molecule has 0 unspecified atom stereocenters. The zero-order chi connectivity index (χ0) is 12.0. The Morgan fingerprint density at radius 2 is 1.94 bits per heavy atom. The van der Waals surface area contributed by atoms with Crippen LogP contribution in [-0.2, 0) is 4.74 Å². The highest BCUT2D eigenvalue weighted by Gasteiger charge is 2.07. The molecule has 1 aromatic carbocycles. The van der Waals surface area contributed by atoms with Crippen molar-refractivity contribution in [3.63, 3.8) is 0 Å². The highest BCUT2D eigenvalue weighted by molar-refractivity contribution is 7.80. The standard InChI is InChI=1S/C12H13ClO2S/c1-2-15-12(16)8-7-11(14)9-3-5-10(13)6-4-9/h3-6H,2,7-8H2,1H3. The molecule has 16 heavy (non-hydrogen) atoms. The number of carbonyl (C=O) groups excluding carboxylic acids is 1. The van der Waals surface area contributed by atoms with E-state index < -0.39 is 0 Å². The summed E-state index contributed by atoms with van der Waals surface area (Å²) in [5.41, 5.74) is 0.656. The fraction of sp³-hybridized carbons (Fsp3) is 0.333. The van der Waals surface area contributed by atoms with Crippen LogP contribution in [0.3, 0.4) is 0 Å². The molecule has 0 radical (unpaired) electrons. The minimum absolute atomic E-state index is 0.0544. The third kappa shape index (κ3) is 4.29. The van der Waals surface area contributed by atoms with Gasteiger partial charge in [-0.2, -0.15) is 0 Å². The Kier molecular flexibility index (Phi) is 5.43. The monoisotopic (exact) mass is 256 g/mol. The van der Waals surface area contributed by atoms with Gasteiger partial charge in [-0.15, -0.1) is 0 Å². The Labute approximate surface area is 106 Å². The van der Waals surface area contributed by atoms with Crippen molar-refractivity contribution in [3.05, 3.63) is 34.9 Å². The van der Waals surface area contributed by atoms with Crippen LogP contribution in [0.1, 0.15) is 30.1 Å². The minimum atomic E-state index is 0.0544. The second-order valence-corrected chi connectivity index (χ2v) is 4.13. The number of halogens is 1. The summed E-state index contributed by atoms with van der Waals surface area (Å²) in [4.78, 5) is 11.7. The van der Waals surface area contributed by atoms with Crippen molar-refractivity contribution < 1.29 is 9.53 Å². The molecule has 0 aliphatic rings. The first-order valence-corrected chi connectivity index (χ1v) is 5.86. The topological polar surface area (TPSA) is 26.3 Å². The van der Waals surface area contributed by atoms with Gasteiger partial charge in [-0.3, -0.25) is 4.79 Å². The lowest BCUT2D eigenvalue weighted by atomic mass is 10.1. The number of benzene rings is 1. The quantitative estimate of drug-likeness (QED) is 0.594. The smallest absolute Gasteiger partial charge is 0.163 e. The summed E-state index contributed by atoms with van der Waals surface area (Å²) < 4.78 is 5.11. The average Bonchev–Trinajstić information content (AvgIpc) is 2.27. The molecule has 0 bridgehead atoms. The molecule has 0 saturated heterocycles. The molecule has 0 aromatic heterocycles. The second kappa shape index (κ2) is 6.61. The molecule has 0 fully saturated rings. The lowest BCUT2D eigenvalue weighted by Crippen LogP contribution is -2.06.